The molecule has 136 valence electrons. The summed E-state index contributed by atoms with van der Waals surface area (Å²) < 4.78 is 13.8. The van der Waals surface area contributed by atoms with E-state index in [-0.39, 0.29) is 17.5 Å². The summed E-state index contributed by atoms with van der Waals surface area (Å²) in [7, 11) is 0. The van der Waals surface area contributed by atoms with Crippen LogP contribution in [0.15, 0.2) is 48.5 Å². The Labute approximate surface area is 156 Å². The number of nitrogens with zero attached hydrogens (tertiary/aromatic N) is 2. The van der Waals surface area contributed by atoms with Gasteiger partial charge < -0.3 is 15.1 Å². The second-order valence-electron chi connectivity index (χ2n) is 6.05. The van der Waals surface area contributed by atoms with Crippen molar-refractivity contribution in [1.29, 1.82) is 0 Å². The minimum Gasteiger partial charge on any atom is -0.337 e. The molecule has 0 radical (unpaired) electrons. The van der Waals surface area contributed by atoms with Crippen LogP contribution in [-0.4, -0.2) is 47.9 Å². The van der Waals surface area contributed by atoms with Gasteiger partial charge in [-0.2, -0.15) is 0 Å². The van der Waals surface area contributed by atoms with E-state index in [0.717, 1.165) is 0 Å². The number of hydrogen-bond donors (Lipinski definition) is 1. The van der Waals surface area contributed by atoms with Crippen molar-refractivity contribution in [3.63, 3.8) is 0 Å². The van der Waals surface area contributed by atoms with E-state index < -0.39 is 5.82 Å². The van der Waals surface area contributed by atoms with Crippen LogP contribution in [0.4, 0.5) is 14.9 Å². The van der Waals surface area contributed by atoms with Crippen LogP contribution in [0.5, 0.6) is 0 Å². The summed E-state index contributed by atoms with van der Waals surface area (Å²) in [6.07, 6.45) is 0.628. The summed E-state index contributed by atoms with van der Waals surface area (Å²) >= 11 is 5.93. The molecule has 7 heteroatoms. The van der Waals surface area contributed by atoms with Gasteiger partial charge in [-0.05, 0) is 36.8 Å². The lowest BCUT2D eigenvalue weighted by molar-refractivity contribution is 0.0758. The SMILES string of the molecule is O=C(Nc1cccc(Cl)c1)N1CCCN(C(=O)c2ccccc2F)CC1. The molecular weight excluding hydrogens is 357 g/mol. The van der Waals surface area contributed by atoms with Gasteiger partial charge in [-0.25, -0.2) is 9.18 Å². The largest absolute Gasteiger partial charge is 0.337 e. The van der Waals surface area contributed by atoms with Gasteiger partial charge in [-0.15, -0.1) is 0 Å². The number of anilines is 1. The van der Waals surface area contributed by atoms with E-state index in [1.807, 2.05) is 0 Å². The Morgan fingerprint density at radius 3 is 2.46 bits per heavy atom. The van der Waals surface area contributed by atoms with Gasteiger partial charge in [0, 0.05) is 36.9 Å². The third-order valence-corrected chi connectivity index (χ3v) is 4.49. The minimum absolute atomic E-state index is 0.0596. The highest BCUT2D eigenvalue weighted by atomic mass is 35.5. The van der Waals surface area contributed by atoms with Gasteiger partial charge >= 0.3 is 6.03 Å². The van der Waals surface area contributed by atoms with Gasteiger partial charge in [0.1, 0.15) is 5.82 Å². The molecule has 0 atom stereocenters. The van der Waals surface area contributed by atoms with Crippen LogP contribution >= 0.6 is 11.6 Å². The summed E-state index contributed by atoms with van der Waals surface area (Å²) in [5.74, 6) is -0.877. The Morgan fingerprint density at radius 1 is 0.962 bits per heavy atom. The summed E-state index contributed by atoms with van der Waals surface area (Å²) in [6.45, 7) is 1.74. The highest BCUT2D eigenvalue weighted by molar-refractivity contribution is 6.30. The Balaban J connectivity index is 1.62. The first kappa shape index (κ1) is 18.2. The minimum atomic E-state index is -0.530. The van der Waals surface area contributed by atoms with E-state index in [1.54, 1.807) is 46.2 Å². The molecule has 0 spiro atoms. The lowest BCUT2D eigenvalue weighted by Crippen LogP contribution is -2.39. The average molecular weight is 376 g/mol. The maximum Gasteiger partial charge on any atom is 0.321 e. The van der Waals surface area contributed by atoms with Crippen LogP contribution in [-0.2, 0) is 0 Å². The Hall–Kier alpha value is -2.60. The fourth-order valence-corrected chi connectivity index (χ4v) is 3.09. The number of carbonyl (C=O) groups excluding carboxylic acids is 2. The monoisotopic (exact) mass is 375 g/mol. The number of rotatable bonds is 2. The fourth-order valence-electron chi connectivity index (χ4n) is 2.90. The second-order valence-corrected chi connectivity index (χ2v) is 6.49. The first-order chi connectivity index (χ1) is 12.5. The van der Waals surface area contributed by atoms with Crippen molar-refractivity contribution in [1.82, 2.24) is 9.80 Å². The molecule has 1 N–H and O–H groups in total. The van der Waals surface area contributed by atoms with E-state index >= 15 is 0 Å². The zero-order valence-electron chi connectivity index (χ0n) is 14.1. The topological polar surface area (TPSA) is 52.7 Å². The molecule has 2 aromatic rings. The van der Waals surface area contributed by atoms with Crippen LogP contribution in [0, 0.1) is 5.82 Å². The molecule has 0 aliphatic carbocycles. The van der Waals surface area contributed by atoms with Crippen LogP contribution in [0.1, 0.15) is 16.8 Å². The maximum absolute atomic E-state index is 13.8. The third-order valence-electron chi connectivity index (χ3n) is 4.25. The number of benzene rings is 2. The van der Waals surface area contributed by atoms with Crippen LogP contribution in [0.3, 0.4) is 0 Å². The number of hydrogen-bond acceptors (Lipinski definition) is 2. The molecule has 1 heterocycles. The third kappa shape index (κ3) is 4.32. The van der Waals surface area contributed by atoms with Crippen molar-refractivity contribution in [2.45, 2.75) is 6.42 Å². The molecule has 0 aromatic heterocycles. The zero-order valence-corrected chi connectivity index (χ0v) is 14.9. The van der Waals surface area contributed by atoms with Crippen LogP contribution in [0.25, 0.3) is 0 Å². The number of nitrogens with one attached hydrogen (secondary N) is 1. The molecule has 0 unspecified atom stereocenters. The highest BCUT2D eigenvalue weighted by Gasteiger charge is 2.24. The maximum atomic E-state index is 13.8. The molecule has 5 nitrogen and oxygen atoms in total. The fraction of sp³-hybridized carbons (Fsp3) is 0.263. The van der Waals surface area contributed by atoms with Gasteiger partial charge in [-0.1, -0.05) is 29.8 Å². The summed E-state index contributed by atoms with van der Waals surface area (Å²) in [4.78, 5) is 28.2. The molecule has 1 aliphatic rings. The molecule has 3 amide bonds. The van der Waals surface area contributed by atoms with Crippen molar-refractivity contribution in [2.75, 3.05) is 31.5 Å². The van der Waals surface area contributed by atoms with E-state index in [0.29, 0.717) is 43.3 Å². The Bertz CT molecular complexity index is 815. The highest BCUT2D eigenvalue weighted by Crippen LogP contribution is 2.17. The first-order valence-corrected chi connectivity index (χ1v) is 8.78. The molecule has 1 aliphatic heterocycles. The van der Waals surface area contributed by atoms with E-state index in [1.165, 1.54) is 12.1 Å². The summed E-state index contributed by atoms with van der Waals surface area (Å²) in [6, 6.07) is 12.6. The van der Waals surface area contributed by atoms with Crippen LogP contribution in [0.2, 0.25) is 5.02 Å². The van der Waals surface area contributed by atoms with E-state index in [4.69, 9.17) is 11.6 Å². The average Bonchev–Trinajstić information content (AvgIpc) is 2.88. The van der Waals surface area contributed by atoms with Crippen LogP contribution < -0.4 is 5.32 Å². The smallest absolute Gasteiger partial charge is 0.321 e. The van der Waals surface area contributed by atoms with Crippen molar-refractivity contribution in [3.8, 4) is 0 Å². The summed E-state index contributed by atoms with van der Waals surface area (Å²) in [5.41, 5.74) is 0.676. The normalized spacial score (nSPS) is 14.7. The molecule has 2 aromatic carbocycles. The first-order valence-electron chi connectivity index (χ1n) is 8.40. The van der Waals surface area contributed by atoms with Crippen molar-refractivity contribution >= 4 is 29.2 Å². The van der Waals surface area contributed by atoms with Gasteiger partial charge in [-0.3, -0.25) is 4.79 Å². The van der Waals surface area contributed by atoms with Gasteiger partial charge in [0.25, 0.3) is 5.91 Å². The molecule has 0 saturated carbocycles. The van der Waals surface area contributed by atoms with Gasteiger partial charge in [0.05, 0.1) is 5.56 Å². The van der Waals surface area contributed by atoms with Crippen molar-refractivity contribution < 1.29 is 14.0 Å². The van der Waals surface area contributed by atoms with E-state index in [2.05, 4.69) is 5.32 Å². The van der Waals surface area contributed by atoms with Crippen molar-refractivity contribution in [2.24, 2.45) is 0 Å². The molecule has 0 bridgehead atoms. The summed E-state index contributed by atoms with van der Waals surface area (Å²) in [5, 5.41) is 3.35. The lowest BCUT2D eigenvalue weighted by atomic mass is 10.2. The standard InChI is InChI=1S/C19H19ClFN3O2/c20-14-5-3-6-15(13-14)22-19(26)24-10-4-9-23(11-12-24)18(25)16-7-1-2-8-17(16)21/h1-3,5-8,13H,4,9-12H2,(H,22,26). The second kappa shape index (κ2) is 8.19. The zero-order chi connectivity index (χ0) is 18.5. The van der Waals surface area contributed by atoms with Gasteiger partial charge in [0.2, 0.25) is 0 Å². The van der Waals surface area contributed by atoms with Gasteiger partial charge in [0.15, 0.2) is 0 Å². The van der Waals surface area contributed by atoms with E-state index in [9.17, 15) is 14.0 Å². The molecule has 1 saturated heterocycles. The molecule has 1 fully saturated rings. The number of urea groups is 1. The predicted molar refractivity (Wildman–Crippen MR) is 99.0 cm³/mol. The number of amides is 3. The van der Waals surface area contributed by atoms with Crippen molar-refractivity contribution in [3.05, 3.63) is 64.9 Å². The Morgan fingerprint density at radius 2 is 1.69 bits per heavy atom. The Kier molecular flexibility index (Phi) is 5.73. The predicted octanol–water partition coefficient (Wildman–Crippen LogP) is 3.86. The quantitative estimate of drug-likeness (QED) is 0.866. The molecule has 26 heavy (non-hydrogen) atoms. The number of halogens is 2. The number of carbonyl (C=O) groups is 2. The molecule has 3 rings (SSSR count). The lowest BCUT2D eigenvalue weighted by Gasteiger charge is -2.22. The molecular formula is C19H19ClFN3O2.